The van der Waals surface area contributed by atoms with Crippen molar-refractivity contribution in [2.45, 2.75) is 12.8 Å². The second-order valence-electron chi connectivity index (χ2n) is 5.59. The summed E-state index contributed by atoms with van der Waals surface area (Å²) in [7, 11) is -3.10. The van der Waals surface area contributed by atoms with Gasteiger partial charge < -0.3 is 10.2 Å². The van der Waals surface area contributed by atoms with Gasteiger partial charge in [0.1, 0.15) is 5.82 Å². The third-order valence-electron chi connectivity index (χ3n) is 4.17. The Morgan fingerprint density at radius 2 is 2.00 bits per heavy atom. The molecule has 1 aliphatic heterocycles. The van der Waals surface area contributed by atoms with E-state index in [4.69, 9.17) is 0 Å². The van der Waals surface area contributed by atoms with Gasteiger partial charge in [-0.25, -0.2) is 12.8 Å². The Labute approximate surface area is 118 Å². The van der Waals surface area contributed by atoms with Crippen LogP contribution in [0.25, 0.3) is 0 Å². The van der Waals surface area contributed by atoms with E-state index in [2.05, 4.69) is 0 Å². The summed E-state index contributed by atoms with van der Waals surface area (Å²) in [4.78, 5) is 0. The average molecular weight is 302 g/mol. The van der Waals surface area contributed by atoms with Crippen LogP contribution < -0.4 is 0 Å². The minimum Gasteiger partial charge on any atom is -0.396 e. The Bertz CT molecular complexity index is 566. The van der Waals surface area contributed by atoms with E-state index >= 15 is 0 Å². The van der Waals surface area contributed by atoms with Crippen molar-refractivity contribution >= 4 is 9.84 Å². The molecule has 0 aliphatic carbocycles. The van der Waals surface area contributed by atoms with Gasteiger partial charge in [0.2, 0.25) is 0 Å². The zero-order valence-corrected chi connectivity index (χ0v) is 11.9. The molecule has 2 rings (SSSR count). The van der Waals surface area contributed by atoms with E-state index in [1.165, 1.54) is 12.1 Å². The predicted octanol–water partition coefficient (Wildman–Crippen LogP) is 0.774. The molecule has 1 heterocycles. The summed E-state index contributed by atoms with van der Waals surface area (Å²) in [5, 5.41) is 19.4. The average Bonchev–Trinajstić information content (AvgIpc) is 2.77. The second kappa shape index (κ2) is 5.79. The fraction of sp³-hybridized carbons (Fsp3) is 0.571. The monoisotopic (exact) mass is 302 g/mol. The first-order valence-corrected chi connectivity index (χ1v) is 8.39. The first kappa shape index (κ1) is 15.4. The highest BCUT2D eigenvalue weighted by molar-refractivity contribution is 7.91. The Morgan fingerprint density at radius 3 is 2.50 bits per heavy atom. The van der Waals surface area contributed by atoms with Crippen molar-refractivity contribution in [2.24, 2.45) is 11.3 Å². The molecule has 0 bridgehead atoms. The number of benzene rings is 1. The topological polar surface area (TPSA) is 74.6 Å². The van der Waals surface area contributed by atoms with Crippen molar-refractivity contribution in [3.05, 3.63) is 35.6 Å². The van der Waals surface area contributed by atoms with E-state index in [0.29, 0.717) is 12.0 Å². The van der Waals surface area contributed by atoms with Crippen molar-refractivity contribution in [2.75, 3.05) is 24.7 Å². The third-order valence-corrected chi connectivity index (χ3v) is 5.94. The highest BCUT2D eigenvalue weighted by Gasteiger charge is 2.44. The number of hydrogen-bond acceptors (Lipinski definition) is 4. The van der Waals surface area contributed by atoms with Gasteiger partial charge in [0.25, 0.3) is 0 Å². The molecule has 1 aromatic carbocycles. The van der Waals surface area contributed by atoms with Crippen LogP contribution >= 0.6 is 0 Å². The highest BCUT2D eigenvalue weighted by Crippen LogP contribution is 2.38. The van der Waals surface area contributed by atoms with E-state index in [9.17, 15) is 23.0 Å². The van der Waals surface area contributed by atoms with Crippen LogP contribution in [0.3, 0.4) is 0 Å². The second-order valence-corrected chi connectivity index (χ2v) is 7.81. The predicted molar refractivity (Wildman–Crippen MR) is 73.5 cm³/mol. The molecule has 6 heteroatoms. The lowest BCUT2D eigenvalue weighted by Crippen LogP contribution is -2.41. The van der Waals surface area contributed by atoms with Gasteiger partial charge in [0, 0.05) is 5.41 Å². The lowest BCUT2D eigenvalue weighted by atomic mass is 9.72. The molecule has 0 aromatic heterocycles. The molecular weight excluding hydrogens is 283 g/mol. The summed E-state index contributed by atoms with van der Waals surface area (Å²) in [6.45, 7) is -0.638. The summed E-state index contributed by atoms with van der Waals surface area (Å²) in [6, 6.07) is 5.95. The fourth-order valence-electron chi connectivity index (χ4n) is 2.90. The summed E-state index contributed by atoms with van der Waals surface area (Å²) in [6.07, 6.45) is 0.691. The fourth-order valence-corrected chi connectivity index (χ4v) is 4.84. The van der Waals surface area contributed by atoms with Crippen molar-refractivity contribution in [3.63, 3.8) is 0 Å². The molecule has 4 nitrogen and oxygen atoms in total. The van der Waals surface area contributed by atoms with Crippen molar-refractivity contribution < 1.29 is 23.0 Å². The van der Waals surface area contributed by atoms with E-state index in [0.717, 1.165) is 0 Å². The standard InChI is InChI=1S/C14H19FO4S/c15-13-3-1-2-11(6-13)7-14(9-16,10-17)12-4-5-20(18,19)8-12/h1-3,6,12,16-17H,4-5,7-10H2. The molecule has 1 unspecified atom stereocenters. The minimum atomic E-state index is -3.10. The normalized spacial score (nSPS) is 22.1. The molecule has 1 aromatic rings. The van der Waals surface area contributed by atoms with E-state index in [1.807, 2.05) is 0 Å². The number of sulfone groups is 1. The minimum absolute atomic E-state index is 0.0244. The lowest BCUT2D eigenvalue weighted by molar-refractivity contribution is 0.0124. The molecule has 1 aliphatic rings. The van der Waals surface area contributed by atoms with Gasteiger partial charge in [-0.1, -0.05) is 12.1 Å². The largest absolute Gasteiger partial charge is 0.396 e. The van der Waals surface area contributed by atoms with Gasteiger partial charge in [0.05, 0.1) is 24.7 Å². The number of aliphatic hydroxyl groups excluding tert-OH is 2. The van der Waals surface area contributed by atoms with Gasteiger partial charge >= 0.3 is 0 Å². The Morgan fingerprint density at radius 1 is 1.30 bits per heavy atom. The lowest BCUT2D eigenvalue weighted by Gasteiger charge is -2.35. The SMILES string of the molecule is O=S1(=O)CCC(C(CO)(CO)Cc2cccc(F)c2)C1. The number of hydrogen-bond donors (Lipinski definition) is 2. The van der Waals surface area contributed by atoms with E-state index < -0.39 is 15.3 Å². The molecule has 1 fully saturated rings. The molecule has 1 atom stereocenters. The van der Waals surface area contributed by atoms with E-state index in [1.54, 1.807) is 12.1 Å². The van der Waals surface area contributed by atoms with Crippen LogP contribution in [0.4, 0.5) is 4.39 Å². The third kappa shape index (κ3) is 3.19. The van der Waals surface area contributed by atoms with Crippen LogP contribution in [0.15, 0.2) is 24.3 Å². The Kier molecular flexibility index (Phi) is 4.46. The summed E-state index contributed by atoms with van der Waals surface area (Å²) in [5.74, 6) is -0.622. The maximum absolute atomic E-state index is 13.2. The molecule has 0 saturated carbocycles. The van der Waals surface area contributed by atoms with Crippen LogP contribution in [0.2, 0.25) is 0 Å². The molecule has 2 N–H and O–H groups in total. The summed E-state index contributed by atoms with van der Waals surface area (Å²) >= 11 is 0. The van der Waals surface area contributed by atoms with Crippen LogP contribution in [0.5, 0.6) is 0 Å². The molecule has 1 saturated heterocycles. The van der Waals surface area contributed by atoms with Crippen LogP contribution in [-0.2, 0) is 16.3 Å². The molecule has 0 radical (unpaired) electrons. The summed E-state index contributed by atoms with van der Waals surface area (Å²) < 4.78 is 36.4. The summed E-state index contributed by atoms with van der Waals surface area (Å²) in [5.41, 5.74) is -0.269. The van der Waals surface area contributed by atoms with E-state index in [-0.39, 0.29) is 42.9 Å². The molecule has 20 heavy (non-hydrogen) atoms. The molecule has 0 spiro atoms. The van der Waals surface area contributed by atoms with Crippen molar-refractivity contribution in [1.29, 1.82) is 0 Å². The van der Waals surface area contributed by atoms with Gasteiger partial charge in [-0.2, -0.15) is 0 Å². The quantitative estimate of drug-likeness (QED) is 0.842. The molecule has 112 valence electrons. The van der Waals surface area contributed by atoms with Gasteiger partial charge in [-0.05, 0) is 36.5 Å². The maximum Gasteiger partial charge on any atom is 0.150 e. The zero-order valence-electron chi connectivity index (χ0n) is 11.1. The van der Waals surface area contributed by atoms with Crippen molar-refractivity contribution in [3.8, 4) is 0 Å². The first-order valence-electron chi connectivity index (χ1n) is 6.57. The smallest absolute Gasteiger partial charge is 0.150 e. The number of aliphatic hydroxyl groups is 2. The highest BCUT2D eigenvalue weighted by atomic mass is 32.2. The van der Waals surface area contributed by atoms with Gasteiger partial charge in [-0.15, -0.1) is 0 Å². The van der Waals surface area contributed by atoms with Gasteiger partial charge in [-0.3, -0.25) is 0 Å². The molecular formula is C14H19FO4S. The van der Waals surface area contributed by atoms with Crippen LogP contribution in [0.1, 0.15) is 12.0 Å². The number of halogens is 1. The molecule has 0 amide bonds. The Hall–Kier alpha value is -0.980. The van der Waals surface area contributed by atoms with Crippen LogP contribution in [-0.4, -0.2) is 43.4 Å². The number of rotatable bonds is 5. The maximum atomic E-state index is 13.2. The first-order chi connectivity index (χ1) is 9.41. The van der Waals surface area contributed by atoms with Crippen LogP contribution in [0, 0.1) is 17.2 Å². The van der Waals surface area contributed by atoms with Gasteiger partial charge in [0.15, 0.2) is 9.84 Å². The Balaban J connectivity index is 2.26. The van der Waals surface area contributed by atoms with Crippen molar-refractivity contribution in [1.82, 2.24) is 0 Å². The zero-order chi connectivity index (χ0) is 14.8.